The van der Waals surface area contributed by atoms with E-state index in [0.29, 0.717) is 16.8 Å². The highest BCUT2D eigenvalue weighted by Crippen LogP contribution is 2.40. The summed E-state index contributed by atoms with van der Waals surface area (Å²) in [6.07, 6.45) is 5.96. The minimum absolute atomic E-state index is 0.186. The van der Waals surface area contributed by atoms with Gasteiger partial charge < -0.3 is 15.0 Å². The van der Waals surface area contributed by atoms with Crippen LogP contribution in [0.3, 0.4) is 0 Å². The highest BCUT2D eigenvalue weighted by Gasteiger charge is 2.43. The van der Waals surface area contributed by atoms with Gasteiger partial charge in [-0.1, -0.05) is 6.07 Å². The number of ether oxygens (including phenoxy) is 1. The lowest BCUT2D eigenvalue weighted by atomic mass is 9.73. The van der Waals surface area contributed by atoms with Gasteiger partial charge in [0.25, 0.3) is 5.91 Å². The summed E-state index contributed by atoms with van der Waals surface area (Å²) in [5.74, 6) is 0.347. The normalized spacial score (nSPS) is 18.3. The molecule has 164 valence electrons. The maximum absolute atomic E-state index is 12.8. The number of hydrogen-bond acceptors (Lipinski definition) is 5. The number of likely N-dealkylation sites (tertiary alicyclic amines) is 1. The molecule has 0 saturated carbocycles. The number of aromatic amines is 1. The second kappa shape index (κ2) is 7.43. The number of aryl methyl sites for hydroxylation is 1. The molecule has 0 radical (unpaired) electrons. The van der Waals surface area contributed by atoms with Crippen molar-refractivity contribution in [1.29, 1.82) is 0 Å². The van der Waals surface area contributed by atoms with Crippen molar-refractivity contribution in [3.8, 4) is 0 Å². The average Bonchev–Trinajstić information content (AvgIpc) is 3.35. The van der Waals surface area contributed by atoms with Gasteiger partial charge in [0.15, 0.2) is 0 Å². The molecule has 2 saturated heterocycles. The maximum atomic E-state index is 12.8. The Bertz CT molecular complexity index is 1310. The number of nitrogens with one attached hydrogen (secondary N) is 2. The molecule has 32 heavy (non-hydrogen) atoms. The van der Waals surface area contributed by atoms with E-state index in [1.807, 2.05) is 37.5 Å². The molecule has 1 amide bonds. The second-order valence-corrected chi connectivity index (χ2v) is 9.20. The van der Waals surface area contributed by atoms with E-state index in [0.717, 1.165) is 54.7 Å². The zero-order valence-corrected chi connectivity index (χ0v) is 18.1. The number of H-pyrrole nitrogens is 1. The van der Waals surface area contributed by atoms with Gasteiger partial charge in [0.05, 0.1) is 17.2 Å². The van der Waals surface area contributed by atoms with E-state index in [4.69, 9.17) is 4.74 Å². The predicted molar refractivity (Wildman–Crippen MR) is 123 cm³/mol. The smallest absolute Gasteiger partial charge is 0.256 e. The van der Waals surface area contributed by atoms with Gasteiger partial charge in [-0.15, -0.1) is 0 Å². The van der Waals surface area contributed by atoms with Crippen molar-refractivity contribution < 1.29 is 9.53 Å². The second-order valence-electron chi connectivity index (χ2n) is 9.20. The first-order valence-corrected chi connectivity index (χ1v) is 11.1. The lowest BCUT2D eigenvalue weighted by Gasteiger charge is -2.52. The topological polar surface area (TPSA) is 88.1 Å². The molecule has 8 nitrogen and oxygen atoms in total. The molecule has 6 rings (SSSR count). The molecule has 0 atom stereocenters. The number of pyridine rings is 1. The number of aromatic nitrogens is 4. The third-order valence-electron chi connectivity index (χ3n) is 6.88. The first kappa shape index (κ1) is 19.5. The number of fused-ring (bicyclic) bond motifs is 2. The summed E-state index contributed by atoms with van der Waals surface area (Å²) in [6.45, 7) is 4.99. The van der Waals surface area contributed by atoms with Crippen LogP contribution in [0.2, 0.25) is 0 Å². The van der Waals surface area contributed by atoms with Gasteiger partial charge >= 0.3 is 0 Å². The fourth-order valence-electron chi connectivity index (χ4n) is 5.09. The van der Waals surface area contributed by atoms with Gasteiger partial charge in [0.2, 0.25) is 0 Å². The van der Waals surface area contributed by atoms with Crippen LogP contribution in [-0.4, -0.2) is 56.9 Å². The number of carbonyl (C=O) groups excluding carboxylic acids is 1. The largest absolute Gasteiger partial charge is 0.381 e. The summed E-state index contributed by atoms with van der Waals surface area (Å²) >= 11 is 0. The van der Waals surface area contributed by atoms with Gasteiger partial charge in [-0.2, -0.15) is 5.10 Å². The molecule has 4 aromatic rings. The van der Waals surface area contributed by atoms with Crippen LogP contribution in [0.1, 0.15) is 28.9 Å². The molecule has 2 aliphatic heterocycles. The summed E-state index contributed by atoms with van der Waals surface area (Å²) in [7, 11) is 1.87. The Labute approximate surface area is 185 Å². The zero-order chi connectivity index (χ0) is 21.7. The van der Waals surface area contributed by atoms with Crippen molar-refractivity contribution in [3.05, 3.63) is 54.0 Å². The summed E-state index contributed by atoms with van der Waals surface area (Å²) < 4.78 is 7.28. The third-order valence-corrected chi connectivity index (χ3v) is 6.88. The van der Waals surface area contributed by atoms with E-state index in [9.17, 15) is 4.79 Å². The number of anilines is 1. The van der Waals surface area contributed by atoms with Crippen LogP contribution in [0, 0.1) is 5.41 Å². The fourth-order valence-corrected chi connectivity index (χ4v) is 5.09. The highest BCUT2D eigenvalue weighted by molar-refractivity contribution is 6.06. The molecular formula is C24H26N6O2. The lowest BCUT2D eigenvalue weighted by Crippen LogP contribution is -2.57. The number of rotatable bonds is 4. The lowest BCUT2D eigenvalue weighted by molar-refractivity contribution is -0.0842. The van der Waals surface area contributed by atoms with Gasteiger partial charge in [-0.3, -0.25) is 14.4 Å². The Balaban J connectivity index is 1.14. The van der Waals surface area contributed by atoms with Crippen LogP contribution in [0.25, 0.3) is 21.8 Å². The first-order valence-electron chi connectivity index (χ1n) is 11.1. The minimum atomic E-state index is -0.186. The van der Waals surface area contributed by atoms with Crippen LogP contribution in [-0.2, 0) is 18.3 Å². The molecule has 3 aromatic heterocycles. The quantitative estimate of drug-likeness (QED) is 0.519. The zero-order valence-electron chi connectivity index (χ0n) is 18.1. The summed E-state index contributed by atoms with van der Waals surface area (Å²) in [6, 6.07) is 9.62. The molecule has 1 spiro atoms. The van der Waals surface area contributed by atoms with Crippen LogP contribution < -0.4 is 5.32 Å². The molecule has 2 aliphatic rings. The van der Waals surface area contributed by atoms with E-state index in [1.165, 1.54) is 18.5 Å². The van der Waals surface area contributed by atoms with E-state index < -0.39 is 0 Å². The number of carbonyl (C=O) groups is 1. The molecule has 0 bridgehead atoms. The molecule has 0 aliphatic carbocycles. The third kappa shape index (κ3) is 3.45. The van der Waals surface area contributed by atoms with Gasteiger partial charge in [-0.25, -0.2) is 4.98 Å². The van der Waals surface area contributed by atoms with E-state index in [-0.39, 0.29) is 5.91 Å². The van der Waals surface area contributed by atoms with E-state index >= 15 is 0 Å². The van der Waals surface area contributed by atoms with Crippen LogP contribution in [0.4, 0.5) is 5.82 Å². The number of nitrogens with zero attached hydrogens (tertiary/aromatic N) is 4. The van der Waals surface area contributed by atoms with Crippen LogP contribution in [0.15, 0.2) is 42.7 Å². The van der Waals surface area contributed by atoms with E-state index in [2.05, 4.69) is 31.3 Å². The standard InChI is InChI=1S/C24H26N6O2/c1-29-21-9-16(2-3-17(21)12-26-29)23(31)28-22-10-20-18(11-25-22)8-19(27-20)13-30-14-24(15-30)4-6-32-7-5-24/h2-3,8-12,27H,4-7,13-15H2,1H3,(H,25,28,31). The predicted octanol–water partition coefficient (Wildman–Crippen LogP) is 3.31. The molecule has 2 fully saturated rings. The molecule has 1 aromatic carbocycles. The fraction of sp³-hybridized carbons (Fsp3) is 0.375. The van der Waals surface area contributed by atoms with E-state index in [1.54, 1.807) is 10.9 Å². The van der Waals surface area contributed by atoms with Gasteiger partial charge in [-0.05, 0) is 31.0 Å². The molecule has 0 unspecified atom stereocenters. The maximum Gasteiger partial charge on any atom is 0.256 e. The average molecular weight is 431 g/mol. The SMILES string of the molecule is Cn1ncc2ccc(C(=O)Nc3cc4[nH]c(CN5CC6(CCOCC6)C5)cc4cn3)cc21. The Morgan fingerprint density at radius 1 is 1.16 bits per heavy atom. The minimum Gasteiger partial charge on any atom is -0.381 e. The number of benzene rings is 1. The molecule has 8 heteroatoms. The monoisotopic (exact) mass is 430 g/mol. The summed E-state index contributed by atoms with van der Waals surface area (Å²) in [4.78, 5) is 23.2. The molecule has 5 heterocycles. The van der Waals surface area contributed by atoms with Crippen LogP contribution >= 0.6 is 0 Å². The van der Waals surface area contributed by atoms with Crippen molar-refractivity contribution in [2.75, 3.05) is 31.6 Å². The molecule has 2 N–H and O–H groups in total. The van der Waals surface area contributed by atoms with Crippen molar-refractivity contribution in [1.82, 2.24) is 24.6 Å². The summed E-state index contributed by atoms with van der Waals surface area (Å²) in [5.41, 5.74) is 4.13. The van der Waals surface area contributed by atoms with Crippen molar-refractivity contribution >= 4 is 33.5 Å². The van der Waals surface area contributed by atoms with Crippen molar-refractivity contribution in [2.45, 2.75) is 19.4 Å². The first-order chi connectivity index (χ1) is 15.6. The Hall–Kier alpha value is -3.23. The van der Waals surface area contributed by atoms with Gasteiger partial charge in [0, 0.05) is 79.6 Å². The van der Waals surface area contributed by atoms with Crippen molar-refractivity contribution in [3.63, 3.8) is 0 Å². The highest BCUT2D eigenvalue weighted by atomic mass is 16.5. The van der Waals surface area contributed by atoms with Crippen LogP contribution in [0.5, 0.6) is 0 Å². The Morgan fingerprint density at radius 2 is 2.00 bits per heavy atom. The number of hydrogen-bond donors (Lipinski definition) is 2. The van der Waals surface area contributed by atoms with Gasteiger partial charge in [0.1, 0.15) is 5.82 Å². The Morgan fingerprint density at radius 3 is 2.84 bits per heavy atom. The Kier molecular flexibility index (Phi) is 4.51. The number of amides is 1. The molecular weight excluding hydrogens is 404 g/mol. The van der Waals surface area contributed by atoms with Crippen molar-refractivity contribution in [2.24, 2.45) is 12.5 Å². The summed E-state index contributed by atoms with van der Waals surface area (Å²) in [5, 5.41) is 9.21.